The molecule has 0 atom stereocenters. The lowest BCUT2D eigenvalue weighted by molar-refractivity contribution is -0.00350. The minimum Gasteiger partial charge on any atom is -0.443 e. The van der Waals surface area contributed by atoms with Crippen molar-refractivity contribution in [3.8, 4) is 0 Å². The van der Waals surface area contributed by atoms with Crippen molar-refractivity contribution in [1.29, 1.82) is 0 Å². The van der Waals surface area contributed by atoms with Gasteiger partial charge in [0.25, 0.3) is 5.91 Å². The minimum absolute atomic E-state index is 0.0676. The van der Waals surface area contributed by atoms with E-state index < -0.39 is 41.2 Å². The van der Waals surface area contributed by atoms with Crippen molar-refractivity contribution in [2.45, 2.75) is 6.10 Å². The molecule has 1 fully saturated rings. The molecule has 0 aromatic heterocycles. The van der Waals surface area contributed by atoms with Gasteiger partial charge in [-0.1, -0.05) is 0 Å². The third-order valence-corrected chi connectivity index (χ3v) is 4.61. The third kappa shape index (κ3) is 4.10. The number of ether oxygens (including phenoxy) is 1. The topological polar surface area (TPSA) is 84.7 Å². The summed E-state index contributed by atoms with van der Waals surface area (Å²) in [5.41, 5.74) is 4.15. The van der Waals surface area contributed by atoms with Crippen LogP contribution in [0.25, 0.3) is 0 Å². The SMILES string of the molecule is NC(=O)OC1CN(C(=O)c2ccc(F)c(F)c2Nc2ccc(I)cc2F)C1. The third-order valence-electron chi connectivity index (χ3n) is 3.93. The molecule has 2 aromatic carbocycles. The molecule has 1 saturated heterocycles. The van der Waals surface area contributed by atoms with Crippen molar-refractivity contribution in [3.63, 3.8) is 0 Å². The van der Waals surface area contributed by atoms with Crippen LogP contribution >= 0.6 is 22.6 Å². The Balaban J connectivity index is 1.87. The molecule has 0 saturated carbocycles. The number of primary amides is 1. The largest absolute Gasteiger partial charge is 0.443 e. The predicted molar refractivity (Wildman–Crippen MR) is 99.1 cm³/mol. The van der Waals surface area contributed by atoms with Gasteiger partial charge in [-0.25, -0.2) is 18.0 Å². The zero-order valence-electron chi connectivity index (χ0n) is 13.6. The second-order valence-electron chi connectivity index (χ2n) is 5.80. The van der Waals surface area contributed by atoms with Gasteiger partial charge in [-0.2, -0.15) is 0 Å². The second-order valence-corrected chi connectivity index (χ2v) is 7.05. The van der Waals surface area contributed by atoms with Crippen molar-refractivity contribution in [2.24, 2.45) is 5.73 Å². The van der Waals surface area contributed by atoms with Crippen molar-refractivity contribution >= 4 is 46.0 Å². The molecule has 6 nitrogen and oxygen atoms in total. The number of nitrogens with two attached hydrogens (primary N) is 1. The van der Waals surface area contributed by atoms with E-state index in [2.05, 4.69) is 5.32 Å². The molecular weight excluding hydrogens is 478 g/mol. The summed E-state index contributed by atoms with van der Waals surface area (Å²) in [7, 11) is 0. The number of hydrogen-bond donors (Lipinski definition) is 2. The molecule has 0 aliphatic carbocycles. The lowest BCUT2D eigenvalue weighted by Crippen LogP contribution is -2.55. The highest BCUT2D eigenvalue weighted by molar-refractivity contribution is 14.1. The number of hydrogen-bond acceptors (Lipinski definition) is 4. The van der Waals surface area contributed by atoms with Crippen LogP contribution in [0.1, 0.15) is 10.4 Å². The van der Waals surface area contributed by atoms with Gasteiger partial charge < -0.3 is 20.7 Å². The number of halogens is 4. The highest BCUT2D eigenvalue weighted by Crippen LogP contribution is 2.30. The molecule has 10 heteroatoms. The molecule has 3 N–H and O–H groups in total. The fourth-order valence-electron chi connectivity index (χ4n) is 2.59. The number of rotatable bonds is 4. The van der Waals surface area contributed by atoms with Gasteiger partial charge >= 0.3 is 6.09 Å². The van der Waals surface area contributed by atoms with Crippen molar-refractivity contribution in [2.75, 3.05) is 18.4 Å². The Bertz CT molecular complexity index is 920. The number of carbonyl (C=O) groups excluding carboxylic acids is 2. The van der Waals surface area contributed by atoms with E-state index in [9.17, 15) is 22.8 Å². The number of carbonyl (C=O) groups is 2. The van der Waals surface area contributed by atoms with E-state index in [-0.39, 0.29) is 24.3 Å². The van der Waals surface area contributed by atoms with Crippen LogP contribution in [-0.2, 0) is 4.74 Å². The number of benzene rings is 2. The summed E-state index contributed by atoms with van der Waals surface area (Å²) in [6.07, 6.45) is -1.52. The second kappa shape index (κ2) is 7.62. The monoisotopic (exact) mass is 491 g/mol. The van der Waals surface area contributed by atoms with Crippen LogP contribution in [0.2, 0.25) is 0 Å². The van der Waals surface area contributed by atoms with Gasteiger partial charge in [-0.05, 0) is 52.9 Å². The van der Waals surface area contributed by atoms with E-state index in [0.717, 1.165) is 12.1 Å². The normalized spacial score (nSPS) is 13.9. The quantitative estimate of drug-likeness (QED) is 0.643. The van der Waals surface area contributed by atoms with Crippen LogP contribution < -0.4 is 11.1 Å². The first kappa shape index (κ1) is 19.3. The van der Waals surface area contributed by atoms with Crippen molar-refractivity contribution in [1.82, 2.24) is 4.90 Å². The summed E-state index contributed by atoms with van der Waals surface area (Å²) in [4.78, 5) is 24.6. The summed E-state index contributed by atoms with van der Waals surface area (Å²) in [5.74, 6) is -3.78. The van der Waals surface area contributed by atoms with Gasteiger partial charge in [0.1, 0.15) is 11.9 Å². The van der Waals surface area contributed by atoms with Crippen LogP contribution in [0.15, 0.2) is 30.3 Å². The van der Waals surface area contributed by atoms with Gasteiger partial charge in [0.15, 0.2) is 11.6 Å². The molecule has 0 radical (unpaired) electrons. The number of amides is 2. The number of likely N-dealkylation sites (tertiary alicyclic amines) is 1. The molecule has 0 spiro atoms. The van der Waals surface area contributed by atoms with Crippen molar-refractivity contribution in [3.05, 3.63) is 56.9 Å². The Hall–Kier alpha value is -2.50. The van der Waals surface area contributed by atoms with Gasteiger partial charge in [0.05, 0.1) is 30.0 Å². The Morgan fingerprint density at radius 3 is 2.48 bits per heavy atom. The highest BCUT2D eigenvalue weighted by atomic mass is 127. The molecule has 3 rings (SSSR count). The molecule has 27 heavy (non-hydrogen) atoms. The van der Waals surface area contributed by atoms with Crippen molar-refractivity contribution < 1.29 is 27.5 Å². The Labute approximate surface area is 165 Å². The van der Waals surface area contributed by atoms with E-state index >= 15 is 0 Å². The predicted octanol–water partition coefficient (Wildman–Crippen LogP) is 3.37. The van der Waals surface area contributed by atoms with Crippen LogP contribution in [0.4, 0.5) is 29.3 Å². The molecule has 0 unspecified atom stereocenters. The number of anilines is 2. The van der Waals surface area contributed by atoms with E-state index in [0.29, 0.717) is 3.57 Å². The van der Waals surface area contributed by atoms with Gasteiger partial charge in [-0.3, -0.25) is 4.79 Å². The van der Waals surface area contributed by atoms with Crippen LogP contribution in [-0.4, -0.2) is 36.1 Å². The molecule has 1 heterocycles. The fourth-order valence-corrected chi connectivity index (χ4v) is 3.04. The Morgan fingerprint density at radius 2 is 1.85 bits per heavy atom. The highest BCUT2D eigenvalue weighted by Gasteiger charge is 2.35. The molecule has 1 aliphatic heterocycles. The minimum atomic E-state index is -1.30. The zero-order chi connectivity index (χ0) is 19.7. The average molecular weight is 491 g/mol. The molecule has 0 bridgehead atoms. The van der Waals surface area contributed by atoms with E-state index in [1.54, 1.807) is 6.07 Å². The molecule has 1 aliphatic rings. The maximum absolute atomic E-state index is 14.3. The summed E-state index contributed by atoms with van der Waals surface area (Å²) < 4.78 is 47.5. The van der Waals surface area contributed by atoms with Crippen LogP contribution in [0.5, 0.6) is 0 Å². The summed E-state index contributed by atoms with van der Waals surface area (Å²) in [5, 5.41) is 2.46. The summed E-state index contributed by atoms with van der Waals surface area (Å²) in [6, 6.07) is 6.07. The number of nitrogens with zero attached hydrogens (tertiary/aromatic N) is 1. The van der Waals surface area contributed by atoms with E-state index in [4.69, 9.17) is 10.5 Å². The first-order chi connectivity index (χ1) is 12.8. The molecular formula is C17H13F3IN3O3. The first-order valence-corrected chi connectivity index (χ1v) is 8.79. The van der Waals surface area contributed by atoms with Crippen LogP contribution in [0.3, 0.4) is 0 Å². The molecule has 2 amide bonds. The lowest BCUT2D eigenvalue weighted by Gasteiger charge is -2.38. The zero-order valence-corrected chi connectivity index (χ0v) is 15.8. The maximum Gasteiger partial charge on any atom is 0.404 e. The molecule has 2 aromatic rings. The first-order valence-electron chi connectivity index (χ1n) is 7.71. The smallest absolute Gasteiger partial charge is 0.404 e. The van der Waals surface area contributed by atoms with Gasteiger partial charge in [0.2, 0.25) is 0 Å². The average Bonchev–Trinajstić information content (AvgIpc) is 2.56. The lowest BCUT2D eigenvalue weighted by atomic mass is 10.1. The van der Waals surface area contributed by atoms with E-state index in [1.165, 1.54) is 17.0 Å². The summed E-state index contributed by atoms with van der Waals surface area (Å²) >= 11 is 1.91. The summed E-state index contributed by atoms with van der Waals surface area (Å²) in [6.45, 7) is 0.135. The van der Waals surface area contributed by atoms with Gasteiger partial charge in [-0.15, -0.1) is 0 Å². The van der Waals surface area contributed by atoms with Crippen LogP contribution in [0, 0.1) is 21.0 Å². The standard InChI is InChI=1S/C17H13F3IN3O3/c18-11-3-2-10(16(25)24-6-9(7-24)27-17(22)26)15(14(11)20)23-13-4-1-8(21)5-12(13)19/h1-5,9,23H,6-7H2,(H2,22,26). The number of nitrogens with one attached hydrogen (secondary N) is 1. The van der Waals surface area contributed by atoms with E-state index in [1.807, 2.05) is 22.6 Å². The fraction of sp³-hybridized carbons (Fsp3) is 0.176. The Kier molecular flexibility index (Phi) is 5.44. The van der Waals surface area contributed by atoms with Gasteiger partial charge in [0, 0.05) is 3.57 Å². The molecule has 142 valence electrons. The Morgan fingerprint density at radius 1 is 1.15 bits per heavy atom. The maximum atomic E-state index is 14.3.